The summed E-state index contributed by atoms with van der Waals surface area (Å²) in [6, 6.07) is 10.6. The van der Waals surface area contributed by atoms with Crippen LogP contribution in [0.25, 0.3) is 0 Å². The van der Waals surface area contributed by atoms with Gasteiger partial charge in [-0.2, -0.15) is 0 Å². The molecule has 0 saturated carbocycles. The number of methoxy groups -OCH3 is 1. The van der Waals surface area contributed by atoms with Gasteiger partial charge in [-0.05, 0) is 18.2 Å². The van der Waals surface area contributed by atoms with Crippen LogP contribution in [0.2, 0.25) is 0 Å². The summed E-state index contributed by atoms with van der Waals surface area (Å²) in [5.41, 5.74) is 2.22. The minimum absolute atomic E-state index is 0.122. The third kappa shape index (κ3) is 3.33. The van der Waals surface area contributed by atoms with Crippen molar-refractivity contribution in [3.63, 3.8) is 0 Å². The smallest absolute Gasteiger partial charge is 0.269 e. The fourth-order valence-corrected chi connectivity index (χ4v) is 2.69. The second-order valence-corrected chi connectivity index (χ2v) is 5.31. The fourth-order valence-electron chi connectivity index (χ4n) is 2.69. The van der Waals surface area contributed by atoms with Gasteiger partial charge < -0.3 is 14.5 Å². The molecular weight excluding hydrogens is 296 g/mol. The van der Waals surface area contributed by atoms with Gasteiger partial charge in [-0.1, -0.05) is 0 Å². The molecule has 0 amide bonds. The number of nitro groups is 1. The van der Waals surface area contributed by atoms with Crippen molar-refractivity contribution in [1.82, 2.24) is 4.98 Å². The first kappa shape index (κ1) is 15.1. The maximum absolute atomic E-state index is 10.7. The monoisotopic (exact) mass is 314 g/mol. The molecule has 0 spiro atoms. The normalized spacial score (nSPS) is 14.7. The number of aromatic nitrogens is 1. The number of non-ortho nitro benzene ring substituents is 1. The molecule has 7 heteroatoms. The Morgan fingerprint density at radius 1 is 1.00 bits per heavy atom. The zero-order chi connectivity index (χ0) is 16.2. The number of nitro benzene ring substituents is 1. The summed E-state index contributed by atoms with van der Waals surface area (Å²) in [5.74, 6) is 0.610. The number of nitrogens with zero attached hydrogens (tertiary/aromatic N) is 4. The number of anilines is 2. The Morgan fingerprint density at radius 3 is 2.04 bits per heavy atom. The molecule has 1 aliphatic heterocycles. The van der Waals surface area contributed by atoms with E-state index < -0.39 is 0 Å². The van der Waals surface area contributed by atoms with Gasteiger partial charge in [0.25, 0.3) is 5.69 Å². The number of ether oxygens (including phenoxy) is 1. The third-order valence-corrected chi connectivity index (χ3v) is 4.00. The van der Waals surface area contributed by atoms with E-state index in [2.05, 4.69) is 14.8 Å². The Morgan fingerprint density at radius 2 is 1.57 bits per heavy atom. The summed E-state index contributed by atoms with van der Waals surface area (Å²) in [6.45, 7) is 3.49. The molecular formula is C16H18N4O3. The summed E-state index contributed by atoms with van der Waals surface area (Å²) < 4.78 is 5.07. The molecule has 1 fully saturated rings. The Kier molecular flexibility index (Phi) is 4.27. The number of pyridine rings is 1. The molecule has 1 aromatic carbocycles. The molecule has 2 aromatic rings. The first-order valence-corrected chi connectivity index (χ1v) is 7.42. The van der Waals surface area contributed by atoms with E-state index in [1.165, 1.54) is 0 Å². The zero-order valence-electron chi connectivity index (χ0n) is 12.9. The van der Waals surface area contributed by atoms with Gasteiger partial charge >= 0.3 is 0 Å². The number of piperazine rings is 1. The first-order chi connectivity index (χ1) is 11.2. The lowest BCUT2D eigenvalue weighted by Crippen LogP contribution is -2.46. The van der Waals surface area contributed by atoms with E-state index in [9.17, 15) is 10.1 Å². The summed E-state index contributed by atoms with van der Waals surface area (Å²) in [7, 11) is 1.60. The molecule has 1 saturated heterocycles. The summed E-state index contributed by atoms with van der Waals surface area (Å²) in [4.78, 5) is 19.1. The average Bonchev–Trinajstić information content (AvgIpc) is 2.62. The van der Waals surface area contributed by atoms with Crippen molar-refractivity contribution < 1.29 is 9.66 Å². The van der Waals surface area contributed by atoms with Gasteiger partial charge in [0, 0.05) is 50.1 Å². The Bertz CT molecular complexity index is 665. The van der Waals surface area contributed by atoms with Crippen LogP contribution in [0.5, 0.6) is 5.88 Å². The SMILES string of the molecule is COc1ccc(N2CCN(c3ccc([N+](=O)[O-])cc3)CC2)cn1. The molecule has 1 aromatic heterocycles. The van der Waals surface area contributed by atoms with Crippen LogP contribution in [0.4, 0.5) is 17.1 Å². The van der Waals surface area contributed by atoms with Gasteiger partial charge in [0.15, 0.2) is 0 Å². The highest BCUT2D eigenvalue weighted by molar-refractivity contribution is 5.53. The van der Waals surface area contributed by atoms with E-state index in [1.807, 2.05) is 30.5 Å². The second kappa shape index (κ2) is 6.51. The van der Waals surface area contributed by atoms with E-state index in [0.717, 1.165) is 37.6 Å². The highest BCUT2D eigenvalue weighted by Gasteiger charge is 2.18. The molecule has 120 valence electrons. The highest BCUT2D eigenvalue weighted by Crippen LogP contribution is 2.23. The lowest BCUT2D eigenvalue weighted by molar-refractivity contribution is -0.384. The molecule has 0 N–H and O–H groups in total. The van der Waals surface area contributed by atoms with Gasteiger partial charge in [-0.15, -0.1) is 0 Å². The molecule has 0 aliphatic carbocycles. The minimum Gasteiger partial charge on any atom is -0.481 e. The summed E-state index contributed by atoms with van der Waals surface area (Å²) in [6.07, 6.45) is 1.82. The quantitative estimate of drug-likeness (QED) is 0.637. The van der Waals surface area contributed by atoms with Crippen LogP contribution in [0.15, 0.2) is 42.6 Å². The Balaban J connectivity index is 1.62. The van der Waals surface area contributed by atoms with Crippen LogP contribution >= 0.6 is 0 Å². The van der Waals surface area contributed by atoms with E-state index in [-0.39, 0.29) is 10.6 Å². The summed E-state index contributed by atoms with van der Waals surface area (Å²) in [5, 5.41) is 10.7. The van der Waals surface area contributed by atoms with Crippen molar-refractivity contribution in [2.45, 2.75) is 0 Å². The van der Waals surface area contributed by atoms with E-state index in [4.69, 9.17) is 4.74 Å². The molecule has 7 nitrogen and oxygen atoms in total. The standard InChI is InChI=1S/C16H18N4O3/c1-23-16-7-6-15(12-17-16)19-10-8-18(9-11-19)13-2-4-14(5-3-13)20(21)22/h2-7,12H,8-11H2,1H3. The van der Waals surface area contributed by atoms with Gasteiger partial charge in [-0.3, -0.25) is 10.1 Å². The van der Waals surface area contributed by atoms with Crippen molar-refractivity contribution >= 4 is 17.1 Å². The van der Waals surface area contributed by atoms with Crippen LogP contribution in [0, 0.1) is 10.1 Å². The molecule has 0 unspecified atom stereocenters. The minimum atomic E-state index is -0.377. The molecule has 0 atom stereocenters. The van der Waals surface area contributed by atoms with Gasteiger partial charge in [0.2, 0.25) is 5.88 Å². The number of hydrogen-bond acceptors (Lipinski definition) is 6. The van der Waals surface area contributed by atoms with E-state index >= 15 is 0 Å². The Labute approximate surface area is 134 Å². The van der Waals surface area contributed by atoms with Crippen molar-refractivity contribution in [2.24, 2.45) is 0 Å². The van der Waals surface area contributed by atoms with Crippen LogP contribution in [-0.4, -0.2) is 43.2 Å². The van der Waals surface area contributed by atoms with Gasteiger partial charge in [-0.25, -0.2) is 4.98 Å². The second-order valence-electron chi connectivity index (χ2n) is 5.31. The van der Waals surface area contributed by atoms with Crippen molar-refractivity contribution in [3.05, 3.63) is 52.7 Å². The van der Waals surface area contributed by atoms with Gasteiger partial charge in [0.05, 0.1) is 23.9 Å². The van der Waals surface area contributed by atoms with E-state index in [0.29, 0.717) is 5.88 Å². The molecule has 3 rings (SSSR count). The Hall–Kier alpha value is -2.83. The topological polar surface area (TPSA) is 71.7 Å². The molecule has 1 aliphatic rings. The zero-order valence-corrected chi connectivity index (χ0v) is 12.9. The molecule has 23 heavy (non-hydrogen) atoms. The predicted octanol–water partition coefficient (Wildman–Crippen LogP) is 2.33. The highest BCUT2D eigenvalue weighted by atomic mass is 16.6. The maximum atomic E-state index is 10.7. The molecule has 0 radical (unpaired) electrons. The third-order valence-electron chi connectivity index (χ3n) is 4.00. The van der Waals surface area contributed by atoms with Crippen LogP contribution < -0.4 is 14.5 Å². The van der Waals surface area contributed by atoms with Crippen molar-refractivity contribution in [1.29, 1.82) is 0 Å². The average molecular weight is 314 g/mol. The largest absolute Gasteiger partial charge is 0.481 e. The fraction of sp³-hybridized carbons (Fsp3) is 0.312. The van der Waals surface area contributed by atoms with E-state index in [1.54, 1.807) is 19.2 Å². The van der Waals surface area contributed by atoms with Crippen LogP contribution in [0.3, 0.4) is 0 Å². The maximum Gasteiger partial charge on any atom is 0.269 e. The predicted molar refractivity (Wildman–Crippen MR) is 88.3 cm³/mol. The van der Waals surface area contributed by atoms with Crippen molar-refractivity contribution in [3.8, 4) is 5.88 Å². The molecule has 0 bridgehead atoms. The van der Waals surface area contributed by atoms with Crippen LogP contribution in [-0.2, 0) is 0 Å². The first-order valence-electron chi connectivity index (χ1n) is 7.42. The number of hydrogen-bond donors (Lipinski definition) is 0. The lowest BCUT2D eigenvalue weighted by Gasteiger charge is -2.37. The summed E-state index contributed by atoms with van der Waals surface area (Å²) >= 11 is 0. The number of benzene rings is 1. The van der Waals surface area contributed by atoms with Crippen LogP contribution in [0.1, 0.15) is 0 Å². The van der Waals surface area contributed by atoms with Crippen molar-refractivity contribution in [2.75, 3.05) is 43.1 Å². The number of rotatable bonds is 4. The van der Waals surface area contributed by atoms with Gasteiger partial charge in [0.1, 0.15) is 0 Å². The lowest BCUT2D eigenvalue weighted by atomic mass is 10.2. The molecule has 2 heterocycles.